The average Bonchev–Trinajstić information content (AvgIpc) is 2.90. The van der Waals surface area contributed by atoms with Crippen molar-refractivity contribution in [2.45, 2.75) is 52.1 Å². The molecule has 4 amide bonds. The van der Waals surface area contributed by atoms with Crippen LogP contribution in [0.1, 0.15) is 46.1 Å². The third-order valence-corrected chi connectivity index (χ3v) is 5.28. The van der Waals surface area contributed by atoms with Gasteiger partial charge in [0.25, 0.3) is 5.91 Å². The van der Waals surface area contributed by atoms with Crippen molar-refractivity contribution < 1.29 is 23.9 Å². The van der Waals surface area contributed by atoms with Gasteiger partial charge in [0, 0.05) is 6.04 Å². The van der Waals surface area contributed by atoms with Crippen LogP contribution in [0.15, 0.2) is 18.2 Å². The van der Waals surface area contributed by atoms with Crippen molar-refractivity contribution in [2.75, 3.05) is 19.8 Å². The zero-order valence-corrected chi connectivity index (χ0v) is 17.4. The Bertz CT molecular complexity index is 810. The zero-order valence-electron chi connectivity index (χ0n) is 17.4. The van der Waals surface area contributed by atoms with Crippen LogP contribution >= 0.6 is 0 Å². The van der Waals surface area contributed by atoms with Gasteiger partial charge in [-0.2, -0.15) is 0 Å². The van der Waals surface area contributed by atoms with Crippen molar-refractivity contribution in [2.24, 2.45) is 5.92 Å². The van der Waals surface area contributed by atoms with Crippen molar-refractivity contribution in [3.63, 3.8) is 0 Å². The van der Waals surface area contributed by atoms with Gasteiger partial charge in [0.15, 0.2) is 11.5 Å². The van der Waals surface area contributed by atoms with Gasteiger partial charge in [-0.3, -0.25) is 14.5 Å². The van der Waals surface area contributed by atoms with E-state index in [0.717, 1.165) is 17.7 Å². The number of nitrogens with one attached hydrogen (secondary N) is 2. The van der Waals surface area contributed by atoms with E-state index < -0.39 is 17.5 Å². The Morgan fingerprint density at radius 2 is 1.86 bits per heavy atom. The Labute approximate surface area is 170 Å². The Balaban J connectivity index is 1.68. The lowest BCUT2D eigenvalue weighted by molar-refractivity contribution is -0.135. The van der Waals surface area contributed by atoms with Crippen LogP contribution in [-0.2, 0) is 15.1 Å². The first-order valence-electron chi connectivity index (χ1n) is 10.0. The summed E-state index contributed by atoms with van der Waals surface area (Å²) in [6, 6.07) is 4.54. The minimum Gasteiger partial charge on any atom is -0.486 e. The first-order chi connectivity index (χ1) is 13.7. The Hall–Kier alpha value is -2.77. The number of hydrogen-bond donors (Lipinski definition) is 2. The van der Waals surface area contributed by atoms with Crippen LogP contribution < -0.4 is 20.1 Å². The molecule has 1 aromatic carbocycles. The smallest absolute Gasteiger partial charge is 0.325 e. The minimum absolute atomic E-state index is 0.0187. The maximum atomic E-state index is 13.0. The van der Waals surface area contributed by atoms with Crippen molar-refractivity contribution in [1.29, 1.82) is 0 Å². The molecule has 0 bridgehead atoms. The van der Waals surface area contributed by atoms with Gasteiger partial charge in [0.2, 0.25) is 5.91 Å². The highest BCUT2D eigenvalue weighted by Gasteiger charge is 2.49. The molecule has 0 radical (unpaired) electrons. The molecule has 8 heteroatoms. The largest absolute Gasteiger partial charge is 0.486 e. The monoisotopic (exact) mass is 403 g/mol. The molecule has 0 saturated carbocycles. The predicted octanol–water partition coefficient (Wildman–Crippen LogP) is 2.17. The lowest BCUT2D eigenvalue weighted by Gasteiger charge is -2.25. The highest BCUT2D eigenvalue weighted by Crippen LogP contribution is 2.36. The molecule has 1 fully saturated rings. The fraction of sp³-hybridized carbons (Fsp3) is 0.571. The highest BCUT2D eigenvalue weighted by molar-refractivity contribution is 6.09. The third kappa shape index (κ3) is 4.46. The standard InChI is InChI=1S/C21H29N3O5/c1-13(2)5-6-14(3)22-18(25)12-24-19(26)21(4,23-20(24)27)15-7-8-16-17(11-15)29-10-9-28-16/h7-8,11,13-14H,5-6,9-10,12H2,1-4H3,(H,22,25)(H,23,27)/t14-,21-/m1/s1. The summed E-state index contributed by atoms with van der Waals surface area (Å²) in [6.45, 7) is 8.39. The first kappa shape index (κ1) is 21.0. The Kier molecular flexibility index (Phi) is 6.00. The third-order valence-electron chi connectivity index (χ3n) is 5.28. The number of amides is 4. The normalized spacial score (nSPS) is 21.9. The highest BCUT2D eigenvalue weighted by atomic mass is 16.6. The number of imide groups is 1. The number of hydrogen-bond acceptors (Lipinski definition) is 5. The van der Waals surface area contributed by atoms with Crippen LogP contribution in [0.4, 0.5) is 4.79 Å². The molecule has 1 aromatic rings. The molecule has 0 aromatic heterocycles. The van der Waals surface area contributed by atoms with Gasteiger partial charge < -0.3 is 20.1 Å². The van der Waals surface area contributed by atoms with E-state index in [4.69, 9.17) is 9.47 Å². The maximum absolute atomic E-state index is 13.0. The molecule has 158 valence electrons. The van der Waals surface area contributed by atoms with Crippen LogP contribution in [0.25, 0.3) is 0 Å². The molecule has 1 saturated heterocycles. The summed E-state index contributed by atoms with van der Waals surface area (Å²) in [7, 11) is 0. The molecule has 2 aliphatic heterocycles. The van der Waals surface area contributed by atoms with Gasteiger partial charge in [-0.25, -0.2) is 4.79 Å². The maximum Gasteiger partial charge on any atom is 0.325 e. The van der Waals surface area contributed by atoms with E-state index in [-0.39, 0.29) is 18.5 Å². The van der Waals surface area contributed by atoms with Gasteiger partial charge in [0.05, 0.1) is 0 Å². The summed E-state index contributed by atoms with van der Waals surface area (Å²) < 4.78 is 11.1. The van der Waals surface area contributed by atoms with Crippen LogP contribution in [-0.4, -0.2) is 48.5 Å². The number of nitrogens with zero attached hydrogens (tertiary/aromatic N) is 1. The summed E-state index contributed by atoms with van der Waals surface area (Å²) >= 11 is 0. The molecule has 0 spiro atoms. The number of carbonyl (C=O) groups excluding carboxylic acids is 3. The van der Waals surface area contributed by atoms with Crippen molar-refractivity contribution in [3.8, 4) is 11.5 Å². The van der Waals surface area contributed by atoms with E-state index in [1.54, 1.807) is 25.1 Å². The molecule has 3 rings (SSSR count). The van der Waals surface area contributed by atoms with Crippen molar-refractivity contribution in [1.82, 2.24) is 15.5 Å². The molecule has 0 unspecified atom stereocenters. The molecular formula is C21H29N3O5. The molecule has 29 heavy (non-hydrogen) atoms. The first-order valence-corrected chi connectivity index (χ1v) is 10.0. The van der Waals surface area contributed by atoms with E-state index >= 15 is 0 Å². The van der Waals surface area contributed by atoms with Crippen molar-refractivity contribution >= 4 is 17.8 Å². The van der Waals surface area contributed by atoms with Crippen LogP contribution in [0, 0.1) is 5.92 Å². The van der Waals surface area contributed by atoms with Gasteiger partial charge in [-0.1, -0.05) is 19.9 Å². The lowest BCUT2D eigenvalue weighted by atomic mass is 9.91. The summed E-state index contributed by atoms with van der Waals surface area (Å²) in [5.74, 6) is 0.867. The SMILES string of the molecule is CC(C)CC[C@@H](C)NC(=O)CN1C(=O)N[C@](C)(c2ccc3c(c2)OCCO3)C1=O. The molecular weight excluding hydrogens is 374 g/mol. The van der Waals surface area contributed by atoms with Gasteiger partial charge in [-0.05, 0) is 50.3 Å². The second kappa shape index (κ2) is 8.31. The second-order valence-electron chi connectivity index (χ2n) is 8.24. The van der Waals surface area contributed by atoms with Crippen LogP contribution in [0.5, 0.6) is 11.5 Å². The van der Waals surface area contributed by atoms with E-state index in [1.807, 2.05) is 6.92 Å². The number of fused-ring (bicyclic) bond motifs is 1. The van der Waals surface area contributed by atoms with Gasteiger partial charge >= 0.3 is 6.03 Å². The summed E-state index contributed by atoms with van der Waals surface area (Å²) in [5, 5.41) is 5.58. The van der Waals surface area contributed by atoms with Crippen LogP contribution in [0.2, 0.25) is 0 Å². The van der Waals surface area contributed by atoms with E-state index in [0.29, 0.717) is 36.2 Å². The molecule has 2 aliphatic rings. The van der Waals surface area contributed by atoms with Gasteiger partial charge in [-0.15, -0.1) is 0 Å². The number of carbonyl (C=O) groups is 3. The predicted molar refractivity (Wildman–Crippen MR) is 107 cm³/mol. The number of urea groups is 1. The summed E-state index contributed by atoms with van der Waals surface area (Å²) in [6.07, 6.45) is 1.84. The van der Waals surface area contributed by atoms with Crippen LogP contribution in [0.3, 0.4) is 0 Å². The quantitative estimate of drug-likeness (QED) is 0.680. The molecule has 2 N–H and O–H groups in total. The Morgan fingerprint density at radius 1 is 1.17 bits per heavy atom. The fourth-order valence-corrected chi connectivity index (χ4v) is 3.51. The number of benzene rings is 1. The molecule has 2 atom stereocenters. The summed E-state index contributed by atoms with van der Waals surface area (Å²) in [5.41, 5.74) is -0.690. The minimum atomic E-state index is -1.27. The fourth-order valence-electron chi connectivity index (χ4n) is 3.51. The molecule has 8 nitrogen and oxygen atoms in total. The van der Waals surface area contributed by atoms with E-state index in [2.05, 4.69) is 24.5 Å². The van der Waals surface area contributed by atoms with E-state index in [1.165, 1.54) is 0 Å². The molecule has 2 heterocycles. The van der Waals surface area contributed by atoms with Gasteiger partial charge in [0.1, 0.15) is 25.3 Å². The number of ether oxygens (including phenoxy) is 2. The Morgan fingerprint density at radius 3 is 2.55 bits per heavy atom. The lowest BCUT2D eigenvalue weighted by Crippen LogP contribution is -2.45. The topological polar surface area (TPSA) is 97.0 Å². The zero-order chi connectivity index (χ0) is 21.2. The number of rotatable bonds is 7. The van der Waals surface area contributed by atoms with E-state index in [9.17, 15) is 14.4 Å². The summed E-state index contributed by atoms with van der Waals surface area (Å²) in [4.78, 5) is 38.8. The van der Waals surface area contributed by atoms with Crippen molar-refractivity contribution in [3.05, 3.63) is 23.8 Å². The molecule has 0 aliphatic carbocycles. The second-order valence-corrected chi connectivity index (χ2v) is 8.24. The average molecular weight is 403 g/mol.